The van der Waals surface area contributed by atoms with E-state index in [2.05, 4.69) is 10.1 Å². The molecule has 0 radical (unpaired) electrons. The summed E-state index contributed by atoms with van der Waals surface area (Å²) in [6.45, 7) is 0. The molecule has 0 fully saturated rings. The molecule has 0 saturated carbocycles. The average molecular weight is 423 g/mol. The molecule has 10 heteroatoms. The molecule has 6 nitrogen and oxygen atoms in total. The average Bonchev–Trinajstić information content (AvgIpc) is 3.07. The van der Waals surface area contributed by atoms with Crippen LogP contribution >= 0.6 is 0 Å². The van der Waals surface area contributed by atoms with Crippen molar-refractivity contribution in [1.82, 2.24) is 14.8 Å². The maximum absolute atomic E-state index is 13.6. The molecule has 1 aliphatic carbocycles. The highest BCUT2D eigenvalue weighted by Crippen LogP contribution is 2.43. The van der Waals surface area contributed by atoms with Gasteiger partial charge in [-0.05, 0) is 42.7 Å². The fourth-order valence-corrected chi connectivity index (χ4v) is 4.01. The summed E-state index contributed by atoms with van der Waals surface area (Å²) in [6.07, 6.45) is -1.85. The van der Waals surface area contributed by atoms with Gasteiger partial charge in [0.15, 0.2) is 21.3 Å². The number of ether oxygens (including phenoxy) is 1. The summed E-state index contributed by atoms with van der Waals surface area (Å²) in [5.74, 6) is 0.609. The van der Waals surface area contributed by atoms with Crippen LogP contribution in [0.5, 0.6) is 5.75 Å². The van der Waals surface area contributed by atoms with Gasteiger partial charge in [-0.3, -0.25) is 0 Å². The van der Waals surface area contributed by atoms with Gasteiger partial charge in [-0.25, -0.2) is 18.1 Å². The number of hydrogen-bond acceptors (Lipinski definition) is 5. The Morgan fingerprint density at radius 2 is 1.90 bits per heavy atom. The first-order chi connectivity index (χ1) is 13.6. The Balaban J connectivity index is 1.97. The summed E-state index contributed by atoms with van der Waals surface area (Å²) in [7, 11) is -2.00. The van der Waals surface area contributed by atoms with E-state index < -0.39 is 21.7 Å². The van der Waals surface area contributed by atoms with Crippen LogP contribution in [0.3, 0.4) is 0 Å². The van der Waals surface area contributed by atoms with E-state index >= 15 is 0 Å². The molecule has 0 aliphatic heterocycles. The van der Waals surface area contributed by atoms with Gasteiger partial charge in [0.25, 0.3) is 0 Å². The Hall–Kier alpha value is -2.88. The minimum atomic E-state index is -4.63. The van der Waals surface area contributed by atoms with Crippen molar-refractivity contribution in [3.8, 4) is 22.8 Å². The molecule has 0 amide bonds. The number of aromatic nitrogens is 3. The maximum Gasteiger partial charge on any atom is 0.435 e. The van der Waals surface area contributed by atoms with Gasteiger partial charge >= 0.3 is 6.18 Å². The van der Waals surface area contributed by atoms with Gasteiger partial charge in [0.05, 0.1) is 17.7 Å². The highest BCUT2D eigenvalue weighted by Gasteiger charge is 2.41. The SMILES string of the molecule is COc1ccc2c(c1)-c1c(c(C(F)(F)F)nn1-c1ccc(S(C)(=O)=O)cn1)CC2. The van der Waals surface area contributed by atoms with Crippen molar-refractivity contribution in [2.75, 3.05) is 13.4 Å². The van der Waals surface area contributed by atoms with Crippen LogP contribution in [0, 0.1) is 0 Å². The van der Waals surface area contributed by atoms with E-state index in [0.29, 0.717) is 17.7 Å². The number of sulfone groups is 1. The summed E-state index contributed by atoms with van der Waals surface area (Å²) in [5.41, 5.74) is 0.878. The lowest BCUT2D eigenvalue weighted by molar-refractivity contribution is -0.141. The topological polar surface area (TPSA) is 74.1 Å². The summed E-state index contributed by atoms with van der Waals surface area (Å²) < 4.78 is 70.6. The molecule has 0 saturated heterocycles. The van der Waals surface area contributed by atoms with Crippen LogP contribution in [-0.4, -0.2) is 36.5 Å². The Morgan fingerprint density at radius 3 is 2.48 bits per heavy atom. The standard InChI is InChI=1S/C19H16F3N3O3S/c1-28-12-5-3-11-4-7-14-17(15(11)9-12)25(24-18(14)19(20,21)22)16-8-6-13(10-23-16)29(2,26)27/h3,5-6,8-10H,4,7H2,1-2H3. The number of alkyl halides is 3. The van der Waals surface area contributed by atoms with Crippen molar-refractivity contribution in [1.29, 1.82) is 0 Å². The molecule has 3 aromatic rings. The van der Waals surface area contributed by atoms with Crippen molar-refractivity contribution in [3.63, 3.8) is 0 Å². The van der Waals surface area contributed by atoms with E-state index in [1.165, 1.54) is 19.2 Å². The molecule has 0 bridgehead atoms. The van der Waals surface area contributed by atoms with Crippen molar-refractivity contribution < 1.29 is 26.3 Å². The van der Waals surface area contributed by atoms with Gasteiger partial charge in [-0.2, -0.15) is 18.3 Å². The zero-order chi connectivity index (χ0) is 21.0. The second-order valence-electron chi connectivity index (χ2n) is 6.73. The summed E-state index contributed by atoms with van der Waals surface area (Å²) in [4.78, 5) is 4.03. The Labute approximate surface area is 164 Å². The van der Waals surface area contributed by atoms with E-state index in [9.17, 15) is 21.6 Å². The summed E-state index contributed by atoms with van der Waals surface area (Å²) in [6, 6.07) is 7.90. The van der Waals surface area contributed by atoms with E-state index in [1.807, 2.05) is 6.07 Å². The third-order valence-electron chi connectivity index (χ3n) is 4.83. The van der Waals surface area contributed by atoms with Crippen LogP contribution in [0.1, 0.15) is 16.8 Å². The molecule has 1 aromatic carbocycles. The van der Waals surface area contributed by atoms with Crippen LogP contribution in [0.25, 0.3) is 17.1 Å². The largest absolute Gasteiger partial charge is 0.497 e. The number of nitrogens with zero attached hydrogens (tertiary/aromatic N) is 3. The Morgan fingerprint density at radius 1 is 1.14 bits per heavy atom. The van der Waals surface area contributed by atoms with Gasteiger partial charge < -0.3 is 4.74 Å². The predicted octanol–water partition coefficient (Wildman–Crippen LogP) is 3.46. The fraction of sp³-hybridized carbons (Fsp3) is 0.263. The van der Waals surface area contributed by atoms with E-state index in [0.717, 1.165) is 22.7 Å². The van der Waals surface area contributed by atoms with Crippen molar-refractivity contribution in [2.24, 2.45) is 0 Å². The van der Waals surface area contributed by atoms with Crippen LogP contribution in [-0.2, 0) is 28.9 Å². The van der Waals surface area contributed by atoms with Crippen LogP contribution in [0.2, 0.25) is 0 Å². The molecule has 152 valence electrons. The van der Waals surface area contributed by atoms with Crippen LogP contribution in [0.15, 0.2) is 41.4 Å². The number of halogens is 3. The molecule has 2 heterocycles. The molecule has 29 heavy (non-hydrogen) atoms. The molecule has 0 N–H and O–H groups in total. The molecule has 2 aromatic heterocycles. The molecule has 1 aliphatic rings. The minimum absolute atomic E-state index is 0.0274. The van der Waals surface area contributed by atoms with Gasteiger partial charge in [0.2, 0.25) is 0 Å². The zero-order valence-electron chi connectivity index (χ0n) is 15.5. The molecule has 0 unspecified atom stereocenters. The normalized spacial score (nSPS) is 13.7. The van der Waals surface area contributed by atoms with Gasteiger partial charge in [0, 0.05) is 23.6 Å². The van der Waals surface area contributed by atoms with Crippen LogP contribution in [0.4, 0.5) is 13.2 Å². The predicted molar refractivity (Wildman–Crippen MR) is 98.9 cm³/mol. The first-order valence-electron chi connectivity index (χ1n) is 8.62. The quantitative estimate of drug-likeness (QED) is 0.645. The maximum atomic E-state index is 13.6. The number of rotatable bonds is 3. The van der Waals surface area contributed by atoms with E-state index in [1.54, 1.807) is 12.1 Å². The number of hydrogen-bond donors (Lipinski definition) is 0. The molecular formula is C19H16F3N3O3S. The van der Waals surface area contributed by atoms with Gasteiger partial charge in [-0.1, -0.05) is 6.07 Å². The Bertz CT molecular complexity index is 1200. The summed E-state index contributed by atoms with van der Waals surface area (Å²) in [5, 5.41) is 3.82. The lowest BCUT2D eigenvalue weighted by Gasteiger charge is -2.19. The highest BCUT2D eigenvalue weighted by atomic mass is 32.2. The number of aryl methyl sites for hydroxylation is 1. The van der Waals surface area contributed by atoms with E-state index in [-0.39, 0.29) is 28.4 Å². The van der Waals surface area contributed by atoms with E-state index in [4.69, 9.17) is 4.74 Å². The lowest BCUT2D eigenvalue weighted by Crippen LogP contribution is -2.11. The molecule has 0 spiro atoms. The smallest absolute Gasteiger partial charge is 0.435 e. The van der Waals surface area contributed by atoms with Crippen molar-refractivity contribution in [3.05, 3.63) is 53.3 Å². The molecule has 4 rings (SSSR count). The van der Waals surface area contributed by atoms with Gasteiger partial charge in [-0.15, -0.1) is 0 Å². The number of benzene rings is 1. The second-order valence-corrected chi connectivity index (χ2v) is 8.75. The fourth-order valence-electron chi connectivity index (χ4n) is 3.46. The lowest BCUT2D eigenvalue weighted by atomic mass is 9.88. The summed E-state index contributed by atoms with van der Waals surface area (Å²) >= 11 is 0. The first-order valence-corrected chi connectivity index (χ1v) is 10.5. The zero-order valence-corrected chi connectivity index (χ0v) is 16.3. The number of fused-ring (bicyclic) bond motifs is 3. The Kier molecular flexibility index (Phi) is 4.41. The van der Waals surface area contributed by atoms with Crippen molar-refractivity contribution in [2.45, 2.75) is 23.9 Å². The highest BCUT2D eigenvalue weighted by molar-refractivity contribution is 7.90. The molecular weight excluding hydrogens is 407 g/mol. The van der Waals surface area contributed by atoms with Crippen LogP contribution < -0.4 is 4.74 Å². The number of methoxy groups -OCH3 is 1. The number of pyridine rings is 1. The second kappa shape index (κ2) is 6.58. The third-order valence-corrected chi connectivity index (χ3v) is 5.93. The van der Waals surface area contributed by atoms with Crippen molar-refractivity contribution >= 4 is 9.84 Å². The minimum Gasteiger partial charge on any atom is -0.497 e. The third kappa shape index (κ3) is 3.37. The monoisotopic (exact) mass is 423 g/mol. The first kappa shape index (κ1) is 19.4. The van der Waals surface area contributed by atoms with Gasteiger partial charge in [0.1, 0.15) is 5.75 Å². The molecule has 0 atom stereocenters.